The average Bonchev–Trinajstić information content (AvgIpc) is 2.06. The highest BCUT2D eigenvalue weighted by atomic mass is 14.9. The summed E-state index contributed by atoms with van der Waals surface area (Å²) in [5, 5.41) is 10.9. The monoisotopic (exact) mass is 160 g/mol. The van der Waals surface area contributed by atoms with Gasteiger partial charge in [0.25, 0.3) is 0 Å². The van der Waals surface area contributed by atoms with Crippen LogP contribution in [0.25, 0.3) is 0 Å². The van der Waals surface area contributed by atoms with Crippen molar-refractivity contribution in [2.24, 2.45) is 0 Å². The fraction of sp³-hybridized carbons (Fsp3) is 0.300. The summed E-state index contributed by atoms with van der Waals surface area (Å²) in [5.41, 5.74) is 2.14. The van der Waals surface area contributed by atoms with E-state index in [-0.39, 0.29) is 0 Å². The number of rotatable bonds is 2. The van der Waals surface area contributed by atoms with E-state index in [9.17, 15) is 0 Å². The molecule has 0 heterocycles. The molecule has 0 unspecified atom stereocenters. The normalized spacial score (nSPS) is 9.50. The first-order chi connectivity index (χ1) is 5.74. The van der Waals surface area contributed by atoms with E-state index >= 15 is 0 Å². The summed E-state index contributed by atoms with van der Waals surface area (Å²) < 4.78 is 0. The van der Waals surface area contributed by atoms with Gasteiger partial charge in [-0.1, -0.05) is 26.0 Å². The minimum atomic E-state index is 0.543. The Morgan fingerprint density at radius 2 is 1.83 bits per heavy atom. The molecule has 0 aromatic heterocycles. The molecule has 2 heteroatoms. The second-order valence-electron chi connectivity index (χ2n) is 3.01. The molecule has 62 valence electrons. The molecule has 0 aliphatic heterocycles. The Balaban J connectivity index is 2.80. The van der Waals surface area contributed by atoms with Crippen molar-refractivity contribution in [3.8, 4) is 6.19 Å². The van der Waals surface area contributed by atoms with Crippen molar-refractivity contribution in [1.82, 2.24) is 0 Å². The van der Waals surface area contributed by atoms with Crippen LogP contribution in [0.4, 0.5) is 5.69 Å². The lowest BCUT2D eigenvalue weighted by molar-refractivity contribution is 0.867. The predicted octanol–water partition coefficient (Wildman–Crippen LogP) is 2.70. The van der Waals surface area contributed by atoms with Gasteiger partial charge in [0.1, 0.15) is 0 Å². The zero-order valence-corrected chi connectivity index (χ0v) is 7.33. The third-order valence-corrected chi connectivity index (χ3v) is 1.78. The van der Waals surface area contributed by atoms with Gasteiger partial charge in [0, 0.05) is 5.69 Å². The van der Waals surface area contributed by atoms with Gasteiger partial charge in [-0.05, 0) is 23.6 Å². The summed E-state index contributed by atoms with van der Waals surface area (Å²) >= 11 is 0. The van der Waals surface area contributed by atoms with Gasteiger partial charge in [-0.3, -0.25) is 5.32 Å². The minimum absolute atomic E-state index is 0.543. The van der Waals surface area contributed by atoms with Crippen LogP contribution >= 0.6 is 0 Å². The number of anilines is 1. The summed E-state index contributed by atoms with van der Waals surface area (Å²) in [7, 11) is 0. The zero-order valence-electron chi connectivity index (χ0n) is 7.33. The number of nitriles is 1. The lowest BCUT2D eigenvalue weighted by Crippen LogP contribution is -1.89. The highest BCUT2D eigenvalue weighted by molar-refractivity contribution is 5.47. The first-order valence-corrected chi connectivity index (χ1v) is 3.99. The second-order valence-corrected chi connectivity index (χ2v) is 3.01. The third kappa shape index (κ3) is 2.00. The lowest BCUT2D eigenvalue weighted by Gasteiger charge is -2.04. The van der Waals surface area contributed by atoms with Crippen LogP contribution < -0.4 is 5.32 Å². The molecule has 12 heavy (non-hydrogen) atoms. The molecule has 0 amide bonds. The van der Waals surface area contributed by atoms with Crippen LogP contribution in [0.2, 0.25) is 0 Å². The van der Waals surface area contributed by atoms with Crippen LogP contribution in [0.15, 0.2) is 24.3 Å². The molecule has 0 bridgehead atoms. The van der Waals surface area contributed by atoms with Gasteiger partial charge in [-0.15, -0.1) is 0 Å². The van der Waals surface area contributed by atoms with Crippen LogP contribution in [0.3, 0.4) is 0 Å². The van der Waals surface area contributed by atoms with E-state index in [4.69, 9.17) is 5.26 Å². The van der Waals surface area contributed by atoms with Gasteiger partial charge in [-0.2, -0.15) is 5.26 Å². The quantitative estimate of drug-likeness (QED) is 0.533. The number of benzene rings is 1. The molecule has 0 spiro atoms. The highest BCUT2D eigenvalue weighted by Gasteiger charge is 1.97. The molecule has 0 aliphatic rings. The Labute approximate surface area is 72.8 Å². The van der Waals surface area contributed by atoms with Crippen molar-refractivity contribution in [2.45, 2.75) is 19.8 Å². The van der Waals surface area contributed by atoms with E-state index in [1.54, 1.807) is 0 Å². The smallest absolute Gasteiger partial charge is 0.181 e. The van der Waals surface area contributed by atoms with E-state index in [2.05, 4.69) is 19.2 Å². The molecule has 0 radical (unpaired) electrons. The van der Waals surface area contributed by atoms with Crippen molar-refractivity contribution in [3.63, 3.8) is 0 Å². The molecule has 1 rings (SSSR count). The largest absolute Gasteiger partial charge is 0.293 e. The number of hydrogen-bond donors (Lipinski definition) is 1. The molecular formula is C10H12N2. The summed E-state index contributed by atoms with van der Waals surface area (Å²) in [4.78, 5) is 0. The summed E-state index contributed by atoms with van der Waals surface area (Å²) in [5.74, 6) is 0.543. The number of nitrogens with one attached hydrogen (secondary N) is 1. The Bertz CT molecular complexity index is 280. The standard InChI is InChI=1S/C10H12N2/c1-8(2)9-3-5-10(6-4-9)12-7-11/h3-6,8,12H,1-2H3. The van der Waals surface area contributed by atoms with E-state index in [0.717, 1.165) is 5.69 Å². The predicted molar refractivity (Wildman–Crippen MR) is 49.8 cm³/mol. The fourth-order valence-electron chi connectivity index (χ4n) is 1.02. The van der Waals surface area contributed by atoms with Gasteiger partial charge in [0.05, 0.1) is 0 Å². The number of hydrogen-bond acceptors (Lipinski definition) is 2. The van der Waals surface area contributed by atoms with Crippen molar-refractivity contribution in [2.75, 3.05) is 5.32 Å². The first-order valence-electron chi connectivity index (χ1n) is 3.99. The fourth-order valence-corrected chi connectivity index (χ4v) is 1.02. The molecule has 1 N–H and O–H groups in total. The summed E-state index contributed by atoms with van der Waals surface area (Å²) in [6.45, 7) is 4.29. The van der Waals surface area contributed by atoms with E-state index in [0.29, 0.717) is 5.92 Å². The van der Waals surface area contributed by atoms with Crippen LogP contribution in [-0.2, 0) is 0 Å². The molecule has 1 aromatic rings. The van der Waals surface area contributed by atoms with Gasteiger partial charge in [0.2, 0.25) is 0 Å². The van der Waals surface area contributed by atoms with Gasteiger partial charge >= 0.3 is 0 Å². The third-order valence-electron chi connectivity index (χ3n) is 1.78. The molecule has 0 aliphatic carbocycles. The maximum Gasteiger partial charge on any atom is 0.181 e. The average molecular weight is 160 g/mol. The molecule has 1 aromatic carbocycles. The molecule has 0 atom stereocenters. The van der Waals surface area contributed by atoms with Crippen LogP contribution in [0.1, 0.15) is 25.3 Å². The van der Waals surface area contributed by atoms with E-state index in [1.165, 1.54) is 5.56 Å². The van der Waals surface area contributed by atoms with Gasteiger partial charge in [0.15, 0.2) is 6.19 Å². The maximum absolute atomic E-state index is 8.34. The summed E-state index contributed by atoms with van der Waals surface area (Å²) in [6.07, 6.45) is 1.88. The van der Waals surface area contributed by atoms with Crippen LogP contribution in [-0.4, -0.2) is 0 Å². The van der Waals surface area contributed by atoms with Crippen molar-refractivity contribution < 1.29 is 0 Å². The van der Waals surface area contributed by atoms with Crippen molar-refractivity contribution >= 4 is 5.69 Å². The number of nitrogens with zero attached hydrogens (tertiary/aromatic N) is 1. The second kappa shape index (κ2) is 3.77. The Hall–Kier alpha value is -1.49. The van der Waals surface area contributed by atoms with Gasteiger partial charge < -0.3 is 0 Å². The van der Waals surface area contributed by atoms with E-state index < -0.39 is 0 Å². The Morgan fingerprint density at radius 3 is 2.25 bits per heavy atom. The van der Waals surface area contributed by atoms with Crippen molar-refractivity contribution in [3.05, 3.63) is 29.8 Å². The topological polar surface area (TPSA) is 35.8 Å². The van der Waals surface area contributed by atoms with Crippen molar-refractivity contribution in [1.29, 1.82) is 5.26 Å². The Kier molecular flexibility index (Phi) is 2.71. The highest BCUT2D eigenvalue weighted by Crippen LogP contribution is 2.16. The van der Waals surface area contributed by atoms with Gasteiger partial charge in [-0.25, -0.2) is 0 Å². The zero-order chi connectivity index (χ0) is 8.97. The lowest BCUT2D eigenvalue weighted by atomic mass is 10.0. The molecule has 0 saturated heterocycles. The SMILES string of the molecule is CC(C)c1ccc(NC#N)cc1. The molecule has 0 saturated carbocycles. The van der Waals surface area contributed by atoms with Crippen LogP contribution in [0, 0.1) is 11.5 Å². The summed E-state index contributed by atoms with van der Waals surface area (Å²) in [6, 6.07) is 7.89. The van der Waals surface area contributed by atoms with E-state index in [1.807, 2.05) is 30.5 Å². The molecule has 0 fully saturated rings. The minimum Gasteiger partial charge on any atom is -0.293 e. The molecular weight excluding hydrogens is 148 g/mol. The molecule has 2 nitrogen and oxygen atoms in total. The maximum atomic E-state index is 8.34. The Morgan fingerprint density at radius 1 is 1.25 bits per heavy atom. The van der Waals surface area contributed by atoms with Crippen LogP contribution in [0.5, 0.6) is 0 Å². The first kappa shape index (κ1) is 8.61.